The van der Waals surface area contributed by atoms with Crippen LogP contribution in [0.15, 0.2) is 61.2 Å². The number of likely N-dealkylation sites (tertiary alicyclic amines) is 1. The van der Waals surface area contributed by atoms with E-state index in [0.29, 0.717) is 19.1 Å². The van der Waals surface area contributed by atoms with Crippen LogP contribution in [-0.4, -0.2) is 50.2 Å². The quantitative estimate of drug-likeness (QED) is 0.697. The summed E-state index contributed by atoms with van der Waals surface area (Å²) in [6, 6.07) is 17.0. The Morgan fingerprint density at radius 1 is 1.27 bits per heavy atom. The van der Waals surface area contributed by atoms with Gasteiger partial charge in [-0.3, -0.25) is 4.79 Å². The number of carbonyl (C=O) groups is 1. The summed E-state index contributed by atoms with van der Waals surface area (Å²) >= 11 is 0. The number of fused-ring (bicyclic) bond motifs is 2. The zero-order valence-corrected chi connectivity index (χ0v) is 19.5. The number of para-hydroxylation sites is 1. The van der Waals surface area contributed by atoms with Gasteiger partial charge in [0.05, 0.1) is 19.6 Å². The first-order valence-corrected chi connectivity index (χ1v) is 12.2. The smallest absolute Gasteiger partial charge is 0.228 e. The van der Waals surface area contributed by atoms with Crippen LogP contribution >= 0.6 is 0 Å². The van der Waals surface area contributed by atoms with Crippen molar-refractivity contribution in [3.8, 4) is 11.5 Å². The van der Waals surface area contributed by atoms with Gasteiger partial charge in [0.25, 0.3) is 0 Å². The highest BCUT2D eigenvalue weighted by Crippen LogP contribution is 2.50. The molecule has 0 aliphatic carbocycles. The van der Waals surface area contributed by atoms with Gasteiger partial charge in [-0.05, 0) is 43.2 Å². The lowest BCUT2D eigenvalue weighted by Gasteiger charge is -2.45. The van der Waals surface area contributed by atoms with Crippen molar-refractivity contribution in [2.24, 2.45) is 5.92 Å². The number of piperidine rings is 1. The van der Waals surface area contributed by atoms with Gasteiger partial charge < -0.3 is 19.7 Å². The number of amides is 1. The average molecular weight is 447 g/mol. The van der Waals surface area contributed by atoms with Crippen molar-refractivity contribution in [2.75, 3.05) is 33.4 Å². The summed E-state index contributed by atoms with van der Waals surface area (Å²) in [5.74, 6) is 2.21. The Labute approximate surface area is 196 Å². The second kappa shape index (κ2) is 9.22. The number of benzene rings is 2. The number of rotatable bonds is 5. The van der Waals surface area contributed by atoms with Crippen molar-refractivity contribution >= 4 is 5.91 Å². The minimum absolute atomic E-state index is 0.104. The topological polar surface area (TPSA) is 50.8 Å². The van der Waals surface area contributed by atoms with Crippen LogP contribution in [0.25, 0.3) is 0 Å². The average Bonchev–Trinajstić information content (AvgIpc) is 3.28. The molecule has 5 rings (SSSR count). The fourth-order valence-corrected chi connectivity index (χ4v) is 6.30. The molecule has 0 saturated carbocycles. The fourth-order valence-electron chi connectivity index (χ4n) is 6.30. The Morgan fingerprint density at radius 3 is 2.91 bits per heavy atom. The molecule has 2 aromatic rings. The normalized spacial score (nSPS) is 28.8. The first-order valence-electron chi connectivity index (χ1n) is 12.2. The lowest BCUT2D eigenvalue weighted by molar-refractivity contribution is -0.141. The number of hydrogen-bond acceptors (Lipinski definition) is 4. The number of carbonyl (C=O) groups excluding carboxylic acids is 1. The molecule has 1 N–H and O–H groups in total. The van der Waals surface area contributed by atoms with E-state index >= 15 is 0 Å². The molecule has 4 atom stereocenters. The molecular formula is C28H34N2O3. The molecule has 3 aliphatic rings. The van der Waals surface area contributed by atoms with Crippen LogP contribution in [0.3, 0.4) is 0 Å². The third-order valence-electron chi connectivity index (χ3n) is 7.99. The van der Waals surface area contributed by atoms with Gasteiger partial charge in [0, 0.05) is 36.7 Å². The van der Waals surface area contributed by atoms with Gasteiger partial charge >= 0.3 is 0 Å². The SMILES string of the molecule is C=CCC1C[C@H](c2ccccc2)CCN1C(=O)[C@@H]1CNC[C@]12CCOc1c(OC)cccc12. The maximum Gasteiger partial charge on any atom is 0.228 e. The van der Waals surface area contributed by atoms with Crippen LogP contribution in [0.2, 0.25) is 0 Å². The molecule has 2 aromatic carbocycles. The van der Waals surface area contributed by atoms with Crippen molar-refractivity contribution in [1.29, 1.82) is 0 Å². The molecule has 174 valence electrons. The highest BCUT2D eigenvalue weighted by Gasteiger charge is 2.53. The van der Waals surface area contributed by atoms with E-state index in [2.05, 4.69) is 53.2 Å². The third kappa shape index (κ3) is 3.82. The van der Waals surface area contributed by atoms with Gasteiger partial charge in [0.1, 0.15) is 0 Å². The molecule has 3 aliphatic heterocycles. The van der Waals surface area contributed by atoms with Crippen LogP contribution in [0.1, 0.15) is 42.7 Å². The van der Waals surface area contributed by atoms with Crippen LogP contribution in [0.4, 0.5) is 0 Å². The Bertz CT molecular complexity index is 1010. The first kappa shape index (κ1) is 22.0. The van der Waals surface area contributed by atoms with Gasteiger partial charge in [-0.1, -0.05) is 48.5 Å². The van der Waals surface area contributed by atoms with Crippen molar-refractivity contribution in [3.05, 3.63) is 72.3 Å². The lowest BCUT2D eigenvalue weighted by atomic mass is 9.68. The molecule has 2 fully saturated rings. The summed E-state index contributed by atoms with van der Waals surface area (Å²) < 4.78 is 11.6. The number of nitrogens with zero attached hydrogens (tertiary/aromatic N) is 1. The second-order valence-electron chi connectivity index (χ2n) is 9.62. The van der Waals surface area contributed by atoms with Crippen molar-refractivity contribution in [3.63, 3.8) is 0 Å². The molecule has 1 unspecified atom stereocenters. The molecule has 0 bridgehead atoms. The van der Waals surface area contributed by atoms with Crippen molar-refractivity contribution in [2.45, 2.75) is 43.1 Å². The molecule has 0 radical (unpaired) electrons. The Hall–Kier alpha value is -2.79. The van der Waals surface area contributed by atoms with Gasteiger partial charge in [0.15, 0.2) is 11.5 Å². The number of ether oxygens (including phenoxy) is 2. The number of methoxy groups -OCH3 is 1. The number of hydrogen-bond donors (Lipinski definition) is 1. The predicted octanol–water partition coefficient (Wildman–Crippen LogP) is 4.29. The van der Waals surface area contributed by atoms with Gasteiger partial charge in [0.2, 0.25) is 5.91 Å². The molecule has 3 heterocycles. The van der Waals surface area contributed by atoms with E-state index in [1.807, 2.05) is 18.2 Å². The number of nitrogens with one attached hydrogen (secondary N) is 1. The van der Waals surface area contributed by atoms with Crippen LogP contribution in [-0.2, 0) is 10.2 Å². The minimum Gasteiger partial charge on any atom is -0.493 e. The van der Waals surface area contributed by atoms with E-state index in [-0.39, 0.29) is 23.3 Å². The summed E-state index contributed by atoms with van der Waals surface area (Å²) in [5.41, 5.74) is 2.23. The van der Waals surface area contributed by atoms with E-state index < -0.39 is 0 Å². The Morgan fingerprint density at radius 2 is 2.12 bits per heavy atom. The Kier molecular flexibility index (Phi) is 6.15. The van der Waals surface area contributed by atoms with E-state index in [1.165, 1.54) is 5.56 Å². The van der Waals surface area contributed by atoms with E-state index in [9.17, 15) is 4.79 Å². The lowest BCUT2D eigenvalue weighted by Crippen LogP contribution is -2.53. The molecule has 5 nitrogen and oxygen atoms in total. The molecule has 2 saturated heterocycles. The molecule has 33 heavy (non-hydrogen) atoms. The minimum atomic E-state index is -0.256. The maximum absolute atomic E-state index is 14.1. The third-order valence-corrected chi connectivity index (χ3v) is 7.99. The summed E-state index contributed by atoms with van der Waals surface area (Å²) in [6.07, 6.45) is 5.63. The second-order valence-corrected chi connectivity index (χ2v) is 9.62. The maximum atomic E-state index is 14.1. The summed E-state index contributed by atoms with van der Waals surface area (Å²) in [7, 11) is 1.67. The summed E-state index contributed by atoms with van der Waals surface area (Å²) in [5, 5.41) is 3.55. The zero-order chi connectivity index (χ0) is 22.8. The largest absolute Gasteiger partial charge is 0.493 e. The summed E-state index contributed by atoms with van der Waals surface area (Å²) in [6.45, 7) is 6.89. The van der Waals surface area contributed by atoms with E-state index in [4.69, 9.17) is 9.47 Å². The van der Waals surface area contributed by atoms with Crippen molar-refractivity contribution in [1.82, 2.24) is 10.2 Å². The summed E-state index contributed by atoms with van der Waals surface area (Å²) in [4.78, 5) is 16.3. The predicted molar refractivity (Wildman–Crippen MR) is 130 cm³/mol. The standard InChI is InChI=1S/C28H34N2O3/c1-3-8-22-17-21(20-9-5-4-6-10-20)13-15-30(22)27(31)24-18-29-19-28(24)14-16-33-26-23(28)11-7-12-25(26)32-2/h3-7,9-12,21-22,24,29H,1,8,13-19H2,2H3/t21-,22?,24+,28+/m1/s1. The molecule has 1 spiro atoms. The van der Waals surface area contributed by atoms with Gasteiger partial charge in [-0.25, -0.2) is 0 Å². The molecule has 1 amide bonds. The van der Waals surface area contributed by atoms with Crippen LogP contribution in [0, 0.1) is 5.92 Å². The monoisotopic (exact) mass is 446 g/mol. The van der Waals surface area contributed by atoms with Gasteiger partial charge in [-0.2, -0.15) is 0 Å². The van der Waals surface area contributed by atoms with Gasteiger partial charge in [-0.15, -0.1) is 6.58 Å². The highest BCUT2D eigenvalue weighted by atomic mass is 16.5. The van der Waals surface area contributed by atoms with Crippen LogP contribution < -0.4 is 14.8 Å². The molecular weight excluding hydrogens is 412 g/mol. The highest BCUT2D eigenvalue weighted by molar-refractivity contribution is 5.82. The fraction of sp³-hybridized carbons (Fsp3) is 0.464. The van der Waals surface area contributed by atoms with E-state index in [0.717, 1.165) is 55.8 Å². The van der Waals surface area contributed by atoms with E-state index in [1.54, 1.807) is 7.11 Å². The molecule has 0 aromatic heterocycles. The zero-order valence-electron chi connectivity index (χ0n) is 19.5. The first-order chi connectivity index (χ1) is 16.2. The Balaban J connectivity index is 1.43. The van der Waals surface area contributed by atoms with Crippen LogP contribution in [0.5, 0.6) is 11.5 Å². The van der Waals surface area contributed by atoms with Crippen molar-refractivity contribution < 1.29 is 14.3 Å². The molecule has 5 heteroatoms.